The number of aryl methyl sites for hydroxylation is 1. The van der Waals surface area contributed by atoms with Crippen molar-refractivity contribution >= 4 is 64.3 Å². The van der Waals surface area contributed by atoms with Gasteiger partial charge in [0.05, 0.1) is 33.6 Å². The van der Waals surface area contributed by atoms with Crippen LogP contribution in [-0.4, -0.2) is 35.8 Å². The van der Waals surface area contributed by atoms with Gasteiger partial charge < -0.3 is 57.1 Å². The zero-order valence-electron chi connectivity index (χ0n) is 43.9. The SMILES string of the molecule is Cc1ccc(OC(=O)c2cccc(C(=O)Oc3ccccc3N)c2)cc1.Nc1ccc(OC(=O)CCCCCCCCC(=O)Oc2ccc(N)cc2)cc1.Nc1ccc(OC(=O)c2ccc(C(=O)Oc3ccccc3N)cc2)cc1. The van der Waals surface area contributed by atoms with Gasteiger partial charge in [0.15, 0.2) is 11.5 Å². The molecular formula is C63H61N5O12. The summed E-state index contributed by atoms with van der Waals surface area (Å²) < 4.78 is 31.6. The summed E-state index contributed by atoms with van der Waals surface area (Å²) >= 11 is 0. The molecule has 0 unspecified atom stereocenters. The van der Waals surface area contributed by atoms with E-state index in [0.717, 1.165) is 44.1 Å². The number of esters is 6. The number of rotatable bonds is 19. The van der Waals surface area contributed by atoms with Crippen molar-refractivity contribution < 1.29 is 57.2 Å². The number of carbonyl (C=O) groups excluding carboxylic acids is 6. The van der Waals surface area contributed by atoms with Gasteiger partial charge in [-0.25, -0.2) is 19.2 Å². The lowest BCUT2D eigenvalue weighted by Crippen LogP contribution is -2.13. The van der Waals surface area contributed by atoms with Gasteiger partial charge in [0.25, 0.3) is 0 Å². The smallest absolute Gasteiger partial charge is 0.343 e. The molecule has 0 fully saturated rings. The van der Waals surface area contributed by atoms with Crippen LogP contribution < -0.4 is 57.1 Å². The van der Waals surface area contributed by atoms with Crippen LogP contribution in [0.3, 0.4) is 0 Å². The normalized spacial score (nSPS) is 10.3. The van der Waals surface area contributed by atoms with Gasteiger partial charge in [-0.05, 0) is 171 Å². The number of ether oxygens (including phenoxy) is 6. The van der Waals surface area contributed by atoms with Gasteiger partial charge in [0, 0.05) is 29.9 Å². The van der Waals surface area contributed by atoms with Gasteiger partial charge in [0.2, 0.25) is 0 Å². The van der Waals surface area contributed by atoms with Crippen LogP contribution >= 0.6 is 0 Å². The van der Waals surface area contributed by atoms with Crippen LogP contribution in [-0.2, 0) is 9.59 Å². The molecule has 0 amide bonds. The summed E-state index contributed by atoms with van der Waals surface area (Å²) in [6.45, 7) is 1.94. The third-order valence-corrected chi connectivity index (χ3v) is 11.5. The van der Waals surface area contributed by atoms with Crippen LogP contribution in [0, 0.1) is 6.92 Å². The van der Waals surface area contributed by atoms with Crippen molar-refractivity contribution in [1.82, 2.24) is 0 Å². The summed E-state index contributed by atoms with van der Waals surface area (Å²) in [4.78, 5) is 72.4. The number of para-hydroxylation sites is 4. The fraction of sp³-hybridized carbons (Fsp3) is 0.143. The molecule has 8 rings (SSSR count). The van der Waals surface area contributed by atoms with Gasteiger partial charge in [0.1, 0.15) is 23.0 Å². The Hall–Kier alpha value is -10.4. The van der Waals surface area contributed by atoms with E-state index in [1.165, 1.54) is 30.3 Å². The van der Waals surface area contributed by atoms with Gasteiger partial charge in [-0.1, -0.05) is 73.7 Å². The van der Waals surface area contributed by atoms with Crippen molar-refractivity contribution in [2.75, 3.05) is 28.7 Å². The molecule has 8 aromatic carbocycles. The molecule has 0 saturated carbocycles. The lowest BCUT2D eigenvalue weighted by atomic mass is 10.1. The van der Waals surface area contributed by atoms with E-state index in [1.54, 1.807) is 152 Å². The summed E-state index contributed by atoms with van der Waals surface area (Å²) in [7, 11) is 0. The molecule has 0 bridgehead atoms. The first-order valence-electron chi connectivity index (χ1n) is 25.4. The number of nitrogens with two attached hydrogens (primary N) is 5. The highest BCUT2D eigenvalue weighted by Gasteiger charge is 2.17. The van der Waals surface area contributed by atoms with Gasteiger partial charge >= 0.3 is 35.8 Å². The second-order valence-electron chi connectivity index (χ2n) is 17.9. The van der Waals surface area contributed by atoms with Crippen molar-refractivity contribution in [1.29, 1.82) is 0 Å². The fourth-order valence-corrected chi connectivity index (χ4v) is 7.14. The minimum absolute atomic E-state index is 0.227. The molecule has 410 valence electrons. The number of nitrogen functional groups attached to an aromatic ring is 5. The first-order valence-corrected chi connectivity index (χ1v) is 25.4. The first kappa shape index (κ1) is 58.8. The highest BCUT2D eigenvalue weighted by molar-refractivity contribution is 5.97. The molecule has 0 atom stereocenters. The Labute approximate surface area is 463 Å². The minimum atomic E-state index is -0.604. The molecule has 0 saturated heterocycles. The van der Waals surface area contributed by atoms with Crippen molar-refractivity contribution in [3.8, 4) is 34.5 Å². The lowest BCUT2D eigenvalue weighted by Gasteiger charge is -2.08. The van der Waals surface area contributed by atoms with E-state index >= 15 is 0 Å². The van der Waals surface area contributed by atoms with Crippen LogP contribution in [0.2, 0.25) is 0 Å². The number of unbranched alkanes of at least 4 members (excludes halogenated alkanes) is 5. The standard InChI is InChI=1S/C22H28N2O4.C21H17NO4.C20H16N2O4/c23-17-9-13-19(14-10-17)27-21(25)7-5-3-1-2-4-6-8-22(26)28-20-15-11-18(24)12-16-20;1-14-9-11-17(12-10-14)25-20(23)15-5-4-6-16(13-15)21(24)26-19-8-3-2-7-18(19)22;21-15-9-11-16(12-10-15)25-19(23)13-5-7-14(8-6-13)20(24)26-18-4-2-1-3-17(18)22/h9-16H,1-8,23-24H2;2-13H,22H2,1H3;1-12H,21-22H2. The zero-order chi connectivity index (χ0) is 57.2. The third-order valence-electron chi connectivity index (χ3n) is 11.5. The lowest BCUT2D eigenvalue weighted by molar-refractivity contribution is -0.135. The maximum absolute atomic E-state index is 12.3. The van der Waals surface area contributed by atoms with E-state index in [0.29, 0.717) is 69.8 Å². The third kappa shape index (κ3) is 19.9. The summed E-state index contributed by atoms with van der Waals surface area (Å²) in [5.41, 5.74) is 33.0. The topological polar surface area (TPSA) is 288 Å². The predicted octanol–water partition coefficient (Wildman–Crippen LogP) is 11.8. The second-order valence-corrected chi connectivity index (χ2v) is 17.9. The highest BCUT2D eigenvalue weighted by Crippen LogP contribution is 2.24. The van der Waals surface area contributed by atoms with Crippen LogP contribution in [0.25, 0.3) is 0 Å². The number of hydrogen-bond donors (Lipinski definition) is 5. The quantitative estimate of drug-likeness (QED) is 0.0218. The monoisotopic (exact) mass is 1080 g/mol. The van der Waals surface area contributed by atoms with Crippen molar-refractivity contribution in [3.05, 3.63) is 222 Å². The summed E-state index contributed by atoms with van der Waals surface area (Å²) in [6.07, 6.45) is 6.39. The Morgan fingerprint density at radius 1 is 0.312 bits per heavy atom. The molecule has 0 aliphatic carbocycles. The van der Waals surface area contributed by atoms with Crippen molar-refractivity contribution in [3.63, 3.8) is 0 Å². The van der Waals surface area contributed by atoms with E-state index in [9.17, 15) is 28.8 Å². The van der Waals surface area contributed by atoms with E-state index in [-0.39, 0.29) is 40.1 Å². The Morgan fingerprint density at radius 2 is 0.625 bits per heavy atom. The van der Waals surface area contributed by atoms with Crippen LogP contribution in [0.1, 0.15) is 98.4 Å². The summed E-state index contributed by atoms with van der Waals surface area (Å²) in [6, 6.07) is 52.7. The zero-order valence-corrected chi connectivity index (χ0v) is 43.9. The second kappa shape index (κ2) is 30.4. The van der Waals surface area contributed by atoms with Crippen molar-refractivity contribution in [2.24, 2.45) is 0 Å². The molecule has 80 heavy (non-hydrogen) atoms. The fourth-order valence-electron chi connectivity index (χ4n) is 7.14. The molecule has 0 heterocycles. The summed E-state index contributed by atoms with van der Waals surface area (Å²) in [5.74, 6) is -0.313. The van der Waals surface area contributed by atoms with E-state index in [4.69, 9.17) is 57.1 Å². The van der Waals surface area contributed by atoms with Crippen molar-refractivity contribution in [2.45, 2.75) is 58.3 Å². The molecule has 0 aromatic heterocycles. The molecule has 0 aliphatic heterocycles. The molecule has 17 nitrogen and oxygen atoms in total. The number of benzene rings is 8. The molecular weight excluding hydrogens is 1020 g/mol. The van der Waals surface area contributed by atoms with Gasteiger partial charge in [-0.2, -0.15) is 0 Å². The molecule has 0 aliphatic rings. The average Bonchev–Trinajstić information content (AvgIpc) is 3.46. The van der Waals surface area contributed by atoms with Gasteiger partial charge in [-0.15, -0.1) is 0 Å². The average molecular weight is 1080 g/mol. The minimum Gasteiger partial charge on any atom is -0.427 e. The van der Waals surface area contributed by atoms with E-state index in [1.807, 2.05) is 19.1 Å². The molecule has 8 aromatic rings. The number of anilines is 5. The molecule has 0 radical (unpaired) electrons. The number of carbonyl (C=O) groups is 6. The Kier molecular flexibility index (Phi) is 22.3. The Bertz CT molecular complexity index is 3270. The number of hydrogen-bond acceptors (Lipinski definition) is 17. The van der Waals surface area contributed by atoms with Gasteiger partial charge in [-0.3, -0.25) is 9.59 Å². The Balaban J connectivity index is 0.000000194. The van der Waals surface area contributed by atoms with Crippen LogP contribution in [0.4, 0.5) is 28.4 Å². The molecule has 0 spiro atoms. The largest absolute Gasteiger partial charge is 0.427 e. The predicted molar refractivity (Wildman–Crippen MR) is 306 cm³/mol. The van der Waals surface area contributed by atoms with Crippen LogP contribution in [0.5, 0.6) is 34.5 Å². The summed E-state index contributed by atoms with van der Waals surface area (Å²) in [5, 5.41) is 0. The van der Waals surface area contributed by atoms with Crippen LogP contribution in [0.15, 0.2) is 194 Å². The maximum Gasteiger partial charge on any atom is 0.343 e. The Morgan fingerprint density at radius 3 is 1.01 bits per heavy atom. The van der Waals surface area contributed by atoms with E-state index in [2.05, 4.69) is 0 Å². The first-order chi connectivity index (χ1) is 38.6. The molecule has 17 heteroatoms. The van der Waals surface area contributed by atoms with E-state index < -0.39 is 23.9 Å². The maximum atomic E-state index is 12.3. The highest BCUT2D eigenvalue weighted by atomic mass is 16.6. The molecule has 10 N–H and O–H groups in total.